The van der Waals surface area contributed by atoms with Gasteiger partial charge in [-0.2, -0.15) is 0 Å². The zero-order chi connectivity index (χ0) is 12.1. The van der Waals surface area contributed by atoms with Crippen molar-refractivity contribution in [2.24, 2.45) is 0 Å². The Morgan fingerprint density at radius 1 is 1.33 bits per heavy atom. The van der Waals surface area contributed by atoms with E-state index in [1.54, 1.807) is 0 Å². The molecule has 1 unspecified atom stereocenters. The summed E-state index contributed by atoms with van der Waals surface area (Å²) in [6.07, 6.45) is -2.90. The summed E-state index contributed by atoms with van der Waals surface area (Å²) in [6.45, 7) is 3.42. The Balaban J connectivity index is 4.59. The van der Waals surface area contributed by atoms with E-state index in [1.807, 2.05) is 0 Å². The second-order valence-corrected chi connectivity index (χ2v) is 3.15. The Morgan fingerprint density at radius 2 is 1.87 bits per heavy atom. The summed E-state index contributed by atoms with van der Waals surface area (Å²) >= 11 is 0. The van der Waals surface area contributed by atoms with Gasteiger partial charge in [0.05, 0.1) is 26.4 Å². The molecule has 0 aromatic carbocycles. The van der Waals surface area contributed by atoms with Crippen LogP contribution < -0.4 is 0 Å². The molecule has 0 rings (SSSR count). The minimum atomic E-state index is -2.08. The van der Waals surface area contributed by atoms with Gasteiger partial charge in [-0.15, -0.1) is 0 Å². The predicted octanol–water partition coefficient (Wildman–Crippen LogP) is -0.859. The first kappa shape index (κ1) is 13.9. The summed E-state index contributed by atoms with van der Waals surface area (Å²) in [6, 6.07) is 0. The van der Waals surface area contributed by atoms with Crippen LogP contribution in [-0.2, 0) is 14.3 Å². The Bertz CT molecular complexity index is 217. The van der Waals surface area contributed by atoms with Crippen LogP contribution in [0.2, 0.25) is 0 Å². The van der Waals surface area contributed by atoms with Crippen molar-refractivity contribution in [3.8, 4) is 0 Å². The summed E-state index contributed by atoms with van der Waals surface area (Å²) in [7, 11) is 2.46. The van der Waals surface area contributed by atoms with Crippen molar-refractivity contribution in [2.45, 2.75) is 24.7 Å². The number of carbonyl (C=O) groups is 1. The highest BCUT2D eigenvalue weighted by molar-refractivity contribution is 5.70. The molecule has 0 amide bonds. The van der Waals surface area contributed by atoms with Gasteiger partial charge in [0.1, 0.15) is 5.60 Å². The SMILES string of the molecule is C=C(CC(O)(CC(=O)OC)C(O)O)OC. The molecule has 6 nitrogen and oxygen atoms in total. The summed E-state index contributed by atoms with van der Waals surface area (Å²) in [5, 5.41) is 27.7. The Kier molecular flexibility index (Phi) is 5.27. The van der Waals surface area contributed by atoms with Gasteiger partial charge >= 0.3 is 5.97 Å². The fourth-order valence-electron chi connectivity index (χ4n) is 0.981. The number of aliphatic hydroxyl groups is 3. The first-order chi connectivity index (χ1) is 6.85. The number of ether oxygens (including phenoxy) is 2. The quantitative estimate of drug-likeness (QED) is 0.306. The van der Waals surface area contributed by atoms with Gasteiger partial charge in [-0.3, -0.25) is 4.79 Å². The fourth-order valence-corrected chi connectivity index (χ4v) is 0.981. The molecule has 15 heavy (non-hydrogen) atoms. The van der Waals surface area contributed by atoms with E-state index in [9.17, 15) is 9.90 Å². The minimum Gasteiger partial charge on any atom is -0.502 e. The second kappa shape index (κ2) is 5.69. The molecule has 0 heterocycles. The van der Waals surface area contributed by atoms with E-state index in [-0.39, 0.29) is 12.2 Å². The van der Waals surface area contributed by atoms with Crippen molar-refractivity contribution >= 4 is 5.97 Å². The third-order valence-corrected chi connectivity index (χ3v) is 1.95. The van der Waals surface area contributed by atoms with E-state index >= 15 is 0 Å². The molecule has 1 atom stereocenters. The smallest absolute Gasteiger partial charge is 0.308 e. The normalized spacial score (nSPS) is 14.5. The summed E-state index contributed by atoms with van der Waals surface area (Å²) in [5.41, 5.74) is -2.04. The van der Waals surface area contributed by atoms with Gasteiger partial charge in [-0.1, -0.05) is 6.58 Å². The van der Waals surface area contributed by atoms with Crippen LogP contribution in [0.25, 0.3) is 0 Å². The number of hydrogen-bond donors (Lipinski definition) is 3. The molecule has 0 bridgehead atoms. The van der Waals surface area contributed by atoms with Crippen LogP contribution >= 0.6 is 0 Å². The average molecular weight is 220 g/mol. The number of hydrogen-bond acceptors (Lipinski definition) is 6. The van der Waals surface area contributed by atoms with E-state index in [1.165, 1.54) is 7.11 Å². The van der Waals surface area contributed by atoms with Gasteiger partial charge in [0.2, 0.25) is 0 Å². The van der Waals surface area contributed by atoms with E-state index in [2.05, 4.69) is 16.1 Å². The van der Waals surface area contributed by atoms with Gasteiger partial charge in [-0.05, 0) is 0 Å². The zero-order valence-electron chi connectivity index (χ0n) is 8.77. The number of esters is 1. The van der Waals surface area contributed by atoms with Crippen molar-refractivity contribution in [3.05, 3.63) is 12.3 Å². The van der Waals surface area contributed by atoms with Crippen LogP contribution in [0.5, 0.6) is 0 Å². The summed E-state index contributed by atoms with van der Waals surface area (Å²) < 4.78 is 9.00. The number of methoxy groups -OCH3 is 2. The Morgan fingerprint density at radius 3 is 2.20 bits per heavy atom. The van der Waals surface area contributed by atoms with Crippen LogP contribution in [0, 0.1) is 0 Å². The molecule has 6 heteroatoms. The average Bonchev–Trinajstić information content (AvgIpc) is 2.16. The molecule has 0 aliphatic heterocycles. The lowest BCUT2D eigenvalue weighted by molar-refractivity contribution is -0.196. The number of carbonyl (C=O) groups excluding carboxylic acids is 1. The first-order valence-electron chi connectivity index (χ1n) is 4.23. The van der Waals surface area contributed by atoms with Gasteiger partial charge in [-0.25, -0.2) is 0 Å². The number of aliphatic hydroxyl groups excluding tert-OH is 1. The van der Waals surface area contributed by atoms with Gasteiger partial charge < -0.3 is 24.8 Å². The molecular formula is C9H16O6. The van der Waals surface area contributed by atoms with Crippen LogP contribution in [-0.4, -0.2) is 47.4 Å². The van der Waals surface area contributed by atoms with E-state index in [4.69, 9.17) is 10.2 Å². The maximum Gasteiger partial charge on any atom is 0.308 e. The molecule has 0 aromatic heterocycles. The standard InChI is InChI=1S/C9H16O6/c1-6(14-2)4-9(13,8(11)12)5-7(10)15-3/h8,11-13H,1,4-5H2,2-3H3. The monoisotopic (exact) mass is 220 g/mol. The van der Waals surface area contributed by atoms with Crippen molar-refractivity contribution in [1.29, 1.82) is 0 Å². The molecule has 88 valence electrons. The molecule has 0 saturated carbocycles. The lowest BCUT2D eigenvalue weighted by Gasteiger charge is -2.28. The summed E-state index contributed by atoms with van der Waals surface area (Å²) in [4.78, 5) is 10.9. The van der Waals surface area contributed by atoms with Gasteiger partial charge in [0.15, 0.2) is 6.29 Å². The van der Waals surface area contributed by atoms with Crippen LogP contribution in [0.4, 0.5) is 0 Å². The Hall–Kier alpha value is -1.11. The minimum absolute atomic E-state index is 0.134. The molecule has 0 fully saturated rings. The molecule has 0 aliphatic rings. The van der Waals surface area contributed by atoms with Crippen LogP contribution in [0.1, 0.15) is 12.8 Å². The zero-order valence-corrected chi connectivity index (χ0v) is 8.77. The van der Waals surface area contributed by atoms with E-state index in [0.717, 1.165) is 7.11 Å². The van der Waals surface area contributed by atoms with Gasteiger partial charge in [0, 0.05) is 6.42 Å². The topological polar surface area (TPSA) is 96.2 Å². The Labute approximate surface area is 87.7 Å². The predicted molar refractivity (Wildman–Crippen MR) is 50.6 cm³/mol. The molecule has 0 radical (unpaired) electrons. The van der Waals surface area contributed by atoms with Crippen molar-refractivity contribution in [1.82, 2.24) is 0 Å². The molecule has 0 spiro atoms. The van der Waals surface area contributed by atoms with Gasteiger partial charge in [0.25, 0.3) is 0 Å². The van der Waals surface area contributed by atoms with Crippen LogP contribution in [0.3, 0.4) is 0 Å². The highest BCUT2D eigenvalue weighted by atomic mass is 16.5. The lowest BCUT2D eigenvalue weighted by atomic mass is 9.94. The maximum absolute atomic E-state index is 10.9. The van der Waals surface area contributed by atoms with Crippen molar-refractivity contribution < 1.29 is 29.6 Å². The highest BCUT2D eigenvalue weighted by Gasteiger charge is 2.38. The number of rotatable bonds is 6. The van der Waals surface area contributed by atoms with Crippen molar-refractivity contribution in [3.63, 3.8) is 0 Å². The molecule has 3 N–H and O–H groups in total. The lowest BCUT2D eigenvalue weighted by Crippen LogP contribution is -2.44. The van der Waals surface area contributed by atoms with E-state index < -0.39 is 24.3 Å². The molecular weight excluding hydrogens is 204 g/mol. The molecule has 0 aliphatic carbocycles. The van der Waals surface area contributed by atoms with E-state index in [0.29, 0.717) is 0 Å². The van der Waals surface area contributed by atoms with Crippen molar-refractivity contribution in [2.75, 3.05) is 14.2 Å². The first-order valence-corrected chi connectivity index (χ1v) is 4.23. The fraction of sp³-hybridized carbons (Fsp3) is 0.667. The van der Waals surface area contributed by atoms with Crippen LogP contribution in [0.15, 0.2) is 12.3 Å². The third-order valence-electron chi connectivity index (χ3n) is 1.95. The second-order valence-electron chi connectivity index (χ2n) is 3.15. The maximum atomic E-state index is 10.9. The third kappa shape index (κ3) is 4.28. The highest BCUT2D eigenvalue weighted by Crippen LogP contribution is 2.23. The largest absolute Gasteiger partial charge is 0.502 e. The summed E-state index contributed by atoms with van der Waals surface area (Å²) in [5.74, 6) is -0.621. The molecule has 0 aromatic rings. The molecule has 0 saturated heterocycles.